The van der Waals surface area contributed by atoms with Gasteiger partial charge in [0.25, 0.3) is 0 Å². The molecule has 0 bridgehead atoms. The van der Waals surface area contributed by atoms with E-state index in [0.717, 1.165) is 16.5 Å². The lowest BCUT2D eigenvalue weighted by molar-refractivity contribution is 0.0693. The van der Waals surface area contributed by atoms with Crippen molar-refractivity contribution in [3.05, 3.63) is 39.6 Å². The topological polar surface area (TPSA) is 55.1 Å². The number of pyridine rings is 1. The molecule has 0 atom stereocenters. The van der Waals surface area contributed by atoms with Crippen molar-refractivity contribution < 1.29 is 9.90 Å². The van der Waals surface area contributed by atoms with Gasteiger partial charge in [-0.3, -0.25) is 0 Å². The van der Waals surface area contributed by atoms with E-state index in [0.29, 0.717) is 15.9 Å². The molecule has 3 aromatic rings. The molecule has 2 heterocycles. The van der Waals surface area contributed by atoms with Crippen molar-refractivity contribution in [3.63, 3.8) is 0 Å². The summed E-state index contributed by atoms with van der Waals surface area (Å²) in [6, 6.07) is 3.50. The minimum atomic E-state index is -1.08. The maximum absolute atomic E-state index is 11.5. The van der Waals surface area contributed by atoms with Gasteiger partial charge in [0.05, 0.1) is 21.1 Å². The molecule has 0 aliphatic heterocycles. The minimum absolute atomic E-state index is 0.00485. The highest BCUT2D eigenvalue weighted by molar-refractivity contribution is 6.45. The quantitative estimate of drug-likeness (QED) is 0.738. The Bertz CT molecular complexity index is 884. The van der Waals surface area contributed by atoms with E-state index in [9.17, 15) is 9.90 Å². The van der Waals surface area contributed by atoms with Crippen LogP contribution in [0, 0.1) is 6.92 Å². The van der Waals surface area contributed by atoms with E-state index >= 15 is 0 Å². The zero-order valence-electron chi connectivity index (χ0n) is 10.7. The van der Waals surface area contributed by atoms with Crippen LogP contribution in [0.25, 0.3) is 21.8 Å². The zero-order chi connectivity index (χ0) is 14.6. The van der Waals surface area contributed by atoms with E-state index in [2.05, 4.69) is 4.98 Å². The number of aryl methyl sites for hydroxylation is 2. The Hall–Kier alpha value is -1.78. The first-order chi connectivity index (χ1) is 9.41. The summed E-state index contributed by atoms with van der Waals surface area (Å²) < 4.78 is 1.88. The van der Waals surface area contributed by atoms with Crippen LogP contribution >= 0.6 is 23.2 Å². The smallest absolute Gasteiger partial charge is 0.355 e. The molecule has 6 heteroatoms. The van der Waals surface area contributed by atoms with E-state index in [-0.39, 0.29) is 10.7 Å². The molecule has 0 saturated carbocycles. The zero-order valence-corrected chi connectivity index (χ0v) is 12.2. The summed E-state index contributed by atoms with van der Waals surface area (Å²) in [4.78, 5) is 15.7. The van der Waals surface area contributed by atoms with E-state index < -0.39 is 5.97 Å². The number of aromatic carboxylic acids is 1. The van der Waals surface area contributed by atoms with Crippen LogP contribution in [0.3, 0.4) is 0 Å². The maximum Gasteiger partial charge on any atom is 0.355 e. The van der Waals surface area contributed by atoms with Crippen LogP contribution in [-0.4, -0.2) is 20.6 Å². The number of carbonyl (C=O) groups is 1. The average Bonchev–Trinajstić information content (AvgIpc) is 2.69. The van der Waals surface area contributed by atoms with Crippen LogP contribution in [0.1, 0.15) is 16.1 Å². The predicted molar refractivity (Wildman–Crippen MR) is 79.9 cm³/mol. The second kappa shape index (κ2) is 4.36. The maximum atomic E-state index is 11.5. The third-order valence-corrected chi connectivity index (χ3v) is 4.15. The van der Waals surface area contributed by atoms with Gasteiger partial charge in [-0.15, -0.1) is 0 Å². The molecule has 20 heavy (non-hydrogen) atoms. The first-order valence-electron chi connectivity index (χ1n) is 5.88. The number of halogens is 2. The SMILES string of the molecule is Cc1cn(C)c2c1c(C(=O)O)nc1c(Cl)c(Cl)ccc12. The average molecular weight is 309 g/mol. The summed E-state index contributed by atoms with van der Waals surface area (Å²) in [5, 5.41) is 11.4. The normalized spacial score (nSPS) is 11.4. The summed E-state index contributed by atoms with van der Waals surface area (Å²) in [6.07, 6.45) is 1.88. The molecule has 0 fully saturated rings. The van der Waals surface area contributed by atoms with Gasteiger partial charge in [0, 0.05) is 24.0 Å². The van der Waals surface area contributed by atoms with Crippen molar-refractivity contribution in [1.82, 2.24) is 9.55 Å². The number of carboxylic acid groups (broad SMARTS) is 1. The van der Waals surface area contributed by atoms with Crippen molar-refractivity contribution in [2.75, 3.05) is 0 Å². The number of fused-ring (bicyclic) bond motifs is 3. The molecular formula is C14H10Cl2N2O2. The fourth-order valence-electron chi connectivity index (χ4n) is 2.57. The van der Waals surface area contributed by atoms with Crippen molar-refractivity contribution in [2.24, 2.45) is 7.05 Å². The molecule has 0 saturated heterocycles. The van der Waals surface area contributed by atoms with Gasteiger partial charge < -0.3 is 9.67 Å². The van der Waals surface area contributed by atoms with Gasteiger partial charge in [-0.05, 0) is 24.6 Å². The molecule has 4 nitrogen and oxygen atoms in total. The van der Waals surface area contributed by atoms with E-state index in [1.807, 2.05) is 30.8 Å². The number of hydrogen-bond donors (Lipinski definition) is 1. The van der Waals surface area contributed by atoms with Crippen LogP contribution in [0.15, 0.2) is 18.3 Å². The number of benzene rings is 1. The fourth-order valence-corrected chi connectivity index (χ4v) is 2.93. The molecule has 0 aliphatic rings. The number of rotatable bonds is 1. The number of carboxylic acids is 1. The van der Waals surface area contributed by atoms with Gasteiger partial charge in [-0.1, -0.05) is 23.2 Å². The van der Waals surface area contributed by atoms with Gasteiger partial charge in [0.15, 0.2) is 5.69 Å². The second-order valence-electron chi connectivity index (χ2n) is 4.67. The lowest BCUT2D eigenvalue weighted by Gasteiger charge is -2.08. The van der Waals surface area contributed by atoms with Gasteiger partial charge in [0.1, 0.15) is 0 Å². The van der Waals surface area contributed by atoms with Gasteiger partial charge in [-0.2, -0.15) is 0 Å². The van der Waals surface area contributed by atoms with Gasteiger partial charge in [-0.25, -0.2) is 9.78 Å². The van der Waals surface area contributed by atoms with Crippen LogP contribution in [-0.2, 0) is 7.05 Å². The van der Waals surface area contributed by atoms with E-state index in [1.165, 1.54) is 0 Å². The molecule has 1 aromatic carbocycles. The molecule has 0 spiro atoms. The Kier molecular flexibility index (Phi) is 2.88. The summed E-state index contributed by atoms with van der Waals surface area (Å²) in [7, 11) is 1.86. The van der Waals surface area contributed by atoms with Crippen molar-refractivity contribution in [2.45, 2.75) is 6.92 Å². The predicted octanol–water partition coefficient (Wildman–Crippen LogP) is 4.04. The highest BCUT2D eigenvalue weighted by Gasteiger charge is 2.20. The van der Waals surface area contributed by atoms with Gasteiger partial charge in [0.2, 0.25) is 0 Å². The Morgan fingerprint density at radius 2 is 2.05 bits per heavy atom. The molecule has 0 radical (unpaired) electrons. The number of aromatic nitrogens is 2. The van der Waals surface area contributed by atoms with Crippen LogP contribution in [0.5, 0.6) is 0 Å². The van der Waals surface area contributed by atoms with Crippen molar-refractivity contribution in [1.29, 1.82) is 0 Å². The Balaban J connectivity index is 2.67. The number of nitrogens with zero attached hydrogens (tertiary/aromatic N) is 2. The highest BCUT2D eigenvalue weighted by atomic mass is 35.5. The van der Waals surface area contributed by atoms with E-state index in [1.54, 1.807) is 6.07 Å². The second-order valence-corrected chi connectivity index (χ2v) is 5.45. The van der Waals surface area contributed by atoms with Gasteiger partial charge >= 0.3 is 5.97 Å². The third-order valence-electron chi connectivity index (χ3n) is 3.36. The van der Waals surface area contributed by atoms with Crippen LogP contribution < -0.4 is 0 Å². The molecule has 0 amide bonds. The molecule has 3 rings (SSSR count). The highest BCUT2D eigenvalue weighted by Crippen LogP contribution is 2.36. The Morgan fingerprint density at radius 1 is 1.35 bits per heavy atom. The monoisotopic (exact) mass is 308 g/mol. The van der Waals surface area contributed by atoms with E-state index in [4.69, 9.17) is 23.2 Å². The largest absolute Gasteiger partial charge is 0.476 e. The fraction of sp³-hybridized carbons (Fsp3) is 0.143. The molecule has 1 N–H and O–H groups in total. The molecule has 2 aromatic heterocycles. The lowest BCUT2D eigenvalue weighted by atomic mass is 10.1. The minimum Gasteiger partial charge on any atom is -0.476 e. The molecule has 102 valence electrons. The standard InChI is InChI=1S/C14H10Cl2N2O2/c1-6-5-18(2)13-7-3-4-8(15)10(16)11(7)17-12(9(6)13)14(19)20/h3-5H,1-2H3,(H,19,20). The third kappa shape index (κ3) is 1.69. The summed E-state index contributed by atoms with van der Waals surface area (Å²) in [5.74, 6) is -1.08. The molecule has 0 unspecified atom stereocenters. The molecular weight excluding hydrogens is 299 g/mol. The van der Waals surface area contributed by atoms with Crippen LogP contribution in [0.2, 0.25) is 10.0 Å². The Labute approximate surface area is 124 Å². The first kappa shape index (κ1) is 13.2. The van der Waals surface area contributed by atoms with Crippen molar-refractivity contribution in [3.8, 4) is 0 Å². The molecule has 0 aliphatic carbocycles. The van der Waals surface area contributed by atoms with Crippen molar-refractivity contribution >= 4 is 51.0 Å². The van der Waals surface area contributed by atoms with Crippen LogP contribution in [0.4, 0.5) is 0 Å². The Morgan fingerprint density at radius 3 is 2.70 bits per heavy atom. The first-order valence-corrected chi connectivity index (χ1v) is 6.64. The summed E-state index contributed by atoms with van der Waals surface area (Å²) >= 11 is 12.2. The summed E-state index contributed by atoms with van der Waals surface area (Å²) in [5.41, 5.74) is 2.06. The lowest BCUT2D eigenvalue weighted by Crippen LogP contribution is -2.03. The number of hydrogen-bond acceptors (Lipinski definition) is 2. The summed E-state index contributed by atoms with van der Waals surface area (Å²) in [6.45, 7) is 1.86.